The van der Waals surface area contributed by atoms with Gasteiger partial charge in [-0.25, -0.2) is 4.98 Å². The maximum atomic E-state index is 12.2. The Kier molecular flexibility index (Phi) is 5.50. The third-order valence-electron chi connectivity index (χ3n) is 4.32. The molecule has 1 N–H and O–H groups in total. The van der Waals surface area contributed by atoms with E-state index in [1.165, 1.54) is 4.70 Å². The van der Waals surface area contributed by atoms with Gasteiger partial charge < -0.3 is 14.8 Å². The number of benzene rings is 2. The highest BCUT2D eigenvalue weighted by Crippen LogP contribution is 2.34. The van der Waals surface area contributed by atoms with E-state index < -0.39 is 0 Å². The zero-order chi connectivity index (χ0) is 18.6. The van der Waals surface area contributed by atoms with Crippen LogP contribution in [-0.4, -0.2) is 23.4 Å². The van der Waals surface area contributed by atoms with Crippen LogP contribution in [0.5, 0.6) is 11.5 Å². The summed E-state index contributed by atoms with van der Waals surface area (Å²) >= 11 is 3.42. The van der Waals surface area contributed by atoms with E-state index in [0.717, 1.165) is 39.1 Å². The van der Waals surface area contributed by atoms with Gasteiger partial charge in [0.1, 0.15) is 0 Å². The first-order valence-corrected chi connectivity index (χ1v) is 10.7. The Bertz CT molecular complexity index is 924. The van der Waals surface area contributed by atoms with Crippen molar-refractivity contribution in [3.63, 3.8) is 0 Å². The number of thiazole rings is 1. The van der Waals surface area contributed by atoms with Gasteiger partial charge in [-0.1, -0.05) is 30.0 Å². The van der Waals surface area contributed by atoms with Gasteiger partial charge in [0.05, 0.1) is 16.3 Å². The minimum Gasteiger partial charge on any atom is -0.454 e. The van der Waals surface area contributed by atoms with Crippen LogP contribution in [0.4, 0.5) is 0 Å². The minimum absolute atomic E-state index is 0.0602. The number of carbonyl (C=O) groups is 1. The van der Waals surface area contributed by atoms with E-state index in [9.17, 15) is 4.79 Å². The van der Waals surface area contributed by atoms with Gasteiger partial charge in [-0.05, 0) is 43.2 Å². The van der Waals surface area contributed by atoms with Crippen LogP contribution >= 0.6 is 23.1 Å². The Balaban J connectivity index is 1.22. The zero-order valence-corrected chi connectivity index (χ0v) is 16.6. The van der Waals surface area contributed by atoms with E-state index in [1.807, 2.05) is 43.3 Å². The van der Waals surface area contributed by atoms with Crippen LogP contribution in [0, 0.1) is 0 Å². The number of nitrogens with zero attached hydrogens (tertiary/aromatic N) is 1. The SMILES string of the molecule is C[C@@H](NC(=O)CCCSc1nc2ccccc2s1)c1ccc2c(c1)OCO2. The quantitative estimate of drug-likeness (QED) is 0.457. The molecule has 1 aromatic heterocycles. The van der Waals surface area contributed by atoms with E-state index in [1.54, 1.807) is 23.1 Å². The molecular weight excluding hydrogens is 380 g/mol. The molecule has 0 aliphatic carbocycles. The van der Waals surface area contributed by atoms with Gasteiger partial charge >= 0.3 is 0 Å². The lowest BCUT2D eigenvalue weighted by molar-refractivity contribution is -0.121. The Morgan fingerprint density at radius 1 is 1.26 bits per heavy atom. The Morgan fingerprint density at radius 3 is 3.00 bits per heavy atom. The third-order valence-corrected chi connectivity index (χ3v) is 6.59. The van der Waals surface area contributed by atoms with Crippen molar-refractivity contribution in [1.29, 1.82) is 0 Å². The van der Waals surface area contributed by atoms with Crippen molar-refractivity contribution in [3.05, 3.63) is 48.0 Å². The number of amides is 1. The van der Waals surface area contributed by atoms with Crippen LogP contribution in [0.2, 0.25) is 0 Å². The van der Waals surface area contributed by atoms with Crippen LogP contribution in [0.15, 0.2) is 46.8 Å². The molecule has 5 nitrogen and oxygen atoms in total. The summed E-state index contributed by atoms with van der Waals surface area (Å²) in [6, 6.07) is 13.8. The summed E-state index contributed by atoms with van der Waals surface area (Å²) in [5, 5.41) is 3.05. The molecule has 2 heterocycles. The van der Waals surface area contributed by atoms with Crippen molar-refractivity contribution in [3.8, 4) is 11.5 Å². The van der Waals surface area contributed by atoms with Crippen LogP contribution in [-0.2, 0) is 4.79 Å². The molecule has 140 valence electrons. The van der Waals surface area contributed by atoms with Crippen molar-refractivity contribution in [1.82, 2.24) is 10.3 Å². The first-order chi connectivity index (χ1) is 13.2. The molecular formula is C20H20N2O3S2. The second-order valence-electron chi connectivity index (χ2n) is 6.30. The average molecular weight is 401 g/mol. The number of hydrogen-bond donors (Lipinski definition) is 1. The van der Waals surface area contributed by atoms with Crippen molar-refractivity contribution in [2.75, 3.05) is 12.5 Å². The molecule has 0 bridgehead atoms. The summed E-state index contributed by atoms with van der Waals surface area (Å²) in [5.41, 5.74) is 2.05. The predicted molar refractivity (Wildman–Crippen MR) is 109 cm³/mol. The Morgan fingerprint density at radius 2 is 2.11 bits per heavy atom. The standard InChI is InChI=1S/C20H20N2O3S2/c1-13(14-8-9-16-17(11-14)25-12-24-16)21-19(23)7-4-10-26-20-22-15-5-2-3-6-18(15)27-20/h2-3,5-6,8-9,11,13H,4,7,10,12H2,1H3,(H,21,23)/t13-/m1/s1. The van der Waals surface area contributed by atoms with Crippen LogP contribution < -0.4 is 14.8 Å². The maximum Gasteiger partial charge on any atom is 0.231 e. The van der Waals surface area contributed by atoms with Gasteiger partial charge in [0.15, 0.2) is 15.8 Å². The maximum absolute atomic E-state index is 12.2. The number of fused-ring (bicyclic) bond motifs is 2. The summed E-state index contributed by atoms with van der Waals surface area (Å²) in [7, 11) is 0. The van der Waals surface area contributed by atoms with Gasteiger partial charge in [-0.15, -0.1) is 11.3 Å². The monoisotopic (exact) mass is 400 g/mol. The van der Waals surface area contributed by atoms with Crippen molar-refractivity contribution in [2.24, 2.45) is 0 Å². The summed E-state index contributed by atoms with van der Waals surface area (Å²) in [4.78, 5) is 16.8. The second-order valence-corrected chi connectivity index (χ2v) is 8.67. The molecule has 27 heavy (non-hydrogen) atoms. The smallest absolute Gasteiger partial charge is 0.231 e. The van der Waals surface area contributed by atoms with E-state index in [-0.39, 0.29) is 18.7 Å². The van der Waals surface area contributed by atoms with Gasteiger partial charge in [0, 0.05) is 12.2 Å². The number of thioether (sulfide) groups is 1. The van der Waals surface area contributed by atoms with Crippen molar-refractivity contribution >= 4 is 39.2 Å². The highest BCUT2D eigenvalue weighted by molar-refractivity contribution is 8.01. The van der Waals surface area contributed by atoms with Crippen LogP contribution in [0.3, 0.4) is 0 Å². The molecule has 0 radical (unpaired) electrons. The molecule has 0 fully saturated rings. The highest BCUT2D eigenvalue weighted by Gasteiger charge is 2.16. The van der Waals surface area contributed by atoms with Gasteiger partial charge in [0.2, 0.25) is 12.7 Å². The lowest BCUT2D eigenvalue weighted by Crippen LogP contribution is -2.26. The molecule has 0 saturated heterocycles. The zero-order valence-electron chi connectivity index (χ0n) is 14.9. The molecule has 1 atom stereocenters. The van der Waals surface area contributed by atoms with Gasteiger partial charge in [0.25, 0.3) is 0 Å². The van der Waals surface area contributed by atoms with Crippen LogP contribution in [0.25, 0.3) is 10.2 Å². The number of aromatic nitrogens is 1. The highest BCUT2D eigenvalue weighted by atomic mass is 32.2. The van der Waals surface area contributed by atoms with Gasteiger partial charge in [-0.3, -0.25) is 4.79 Å². The fraction of sp³-hybridized carbons (Fsp3) is 0.300. The van der Waals surface area contributed by atoms with E-state index in [2.05, 4.69) is 16.4 Å². The molecule has 1 aliphatic heterocycles. The molecule has 1 aliphatic rings. The number of carbonyl (C=O) groups excluding carboxylic acids is 1. The topological polar surface area (TPSA) is 60.5 Å². The van der Waals surface area contributed by atoms with Crippen molar-refractivity contribution < 1.29 is 14.3 Å². The molecule has 7 heteroatoms. The summed E-state index contributed by atoms with van der Waals surface area (Å²) < 4.78 is 13.0. The number of hydrogen-bond acceptors (Lipinski definition) is 6. The lowest BCUT2D eigenvalue weighted by Gasteiger charge is -2.14. The van der Waals surface area contributed by atoms with Gasteiger partial charge in [-0.2, -0.15) is 0 Å². The van der Waals surface area contributed by atoms with Crippen molar-refractivity contribution in [2.45, 2.75) is 30.1 Å². The summed E-state index contributed by atoms with van der Waals surface area (Å²) in [5.74, 6) is 2.43. The number of ether oxygens (including phenoxy) is 2. The molecule has 0 unspecified atom stereocenters. The normalized spacial score (nSPS) is 13.7. The summed E-state index contributed by atoms with van der Waals surface area (Å²) in [6.45, 7) is 2.23. The van der Waals surface area contributed by atoms with E-state index >= 15 is 0 Å². The Hall–Kier alpha value is -2.25. The first-order valence-electron chi connectivity index (χ1n) is 8.86. The lowest BCUT2D eigenvalue weighted by atomic mass is 10.1. The summed E-state index contributed by atoms with van der Waals surface area (Å²) in [6.07, 6.45) is 1.33. The predicted octanol–water partition coefficient (Wildman–Crippen LogP) is 4.77. The fourth-order valence-electron chi connectivity index (χ4n) is 2.88. The number of rotatable bonds is 7. The molecule has 0 spiro atoms. The van der Waals surface area contributed by atoms with Crippen LogP contribution in [0.1, 0.15) is 31.4 Å². The largest absolute Gasteiger partial charge is 0.454 e. The van der Waals surface area contributed by atoms with E-state index in [4.69, 9.17) is 9.47 Å². The first kappa shape index (κ1) is 18.1. The molecule has 2 aromatic carbocycles. The molecule has 4 rings (SSSR count). The number of para-hydroxylation sites is 1. The Labute approximate surface area is 166 Å². The molecule has 3 aromatic rings. The molecule has 1 amide bonds. The minimum atomic E-state index is -0.0658. The van der Waals surface area contributed by atoms with E-state index in [0.29, 0.717) is 6.42 Å². The fourth-order valence-corrected chi connectivity index (χ4v) is 4.96. The average Bonchev–Trinajstić information content (AvgIpc) is 3.30. The third kappa shape index (κ3) is 4.36. The second kappa shape index (κ2) is 8.19. The number of nitrogens with one attached hydrogen (secondary N) is 1. The molecule has 0 saturated carbocycles.